The van der Waals surface area contributed by atoms with E-state index in [1.807, 2.05) is 83.8 Å². The molecule has 0 bridgehead atoms. The Morgan fingerprint density at radius 3 is 1.19 bits per heavy atom. The number of likely N-dealkylation sites (tertiary alicyclic amines) is 2. The van der Waals surface area contributed by atoms with Crippen LogP contribution in [0, 0.1) is 0 Å². The first kappa shape index (κ1) is 90.1. The van der Waals surface area contributed by atoms with E-state index in [1.165, 1.54) is 54.9 Å². The molecule has 21 heteroatoms. The van der Waals surface area contributed by atoms with Gasteiger partial charge >= 0.3 is 0 Å². The fourth-order valence-corrected chi connectivity index (χ4v) is 16.8. The predicted molar refractivity (Wildman–Crippen MR) is 475 cm³/mol. The zero-order valence-electron chi connectivity index (χ0n) is 68.9. The van der Waals surface area contributed by atoms with Crippen LogP contribution in [0.2, 0.25) is 15.1 Å². The molecular formula is C95H125Cl3N12O6. The molecule has 12 rings (SSSR count). The molecule has 18 nitrogen and oxygen atoms in total. The van der Waals surface area contributed by atoms with Crippen LogP contribution in [0.15, 0.2) is 188 Å². The van der Waals surface area contributed by atoms with E-state index in [-0.39, 0.29) is 71.7 Å². The Kier molecular flexibility index (Phi) is 37.2. The van der Waals surface area contributed by atoms with E-state index in [4.69, 9.17) is 34.8 Å². The predicted octanol–water partition coefficient (Wildman–Crippen LogP) is 15.2. The van der Waals surface area contributed by atoms with Crippen molar-refractivity contribution in [3.05, 3.63) is 237 Å². The number of hydrogen-bond acceptors (Lipinski definition) is 12. The van der Waals surface area contributed by atoms with Crippen LogP contribution in [-0.2, 0) is 24.0 Å². The summed E-state index contributed by atoms with van der Waals surface area (Å²) < 4.78 is 0. The number of hydrogen-bond donors (Lipinski definition) is 7. The number of halogens is 3. The summed E-state index contributed by atoms with van der Waals surface area (Å²) >= 11 is 18.0. The SMILES string of the molecule is CC[C@H](CN1CC[C@@H](CNC(=O)/C=C/c2ccc(Cl)cc2)N[C@@H](CCN2CCCC2)C1=O)c1ccccc1.CC[C@H](CN1CC[C@@H](CNC(=O)/C=C/c2ccc(Cl)cc2)N[C@@H](CCNC(C)C)C1=O)c1ccccc1.CC[C@H](CN1CC[C@@H](CNC(=O)c2ccc3cc(Cl)ccc3c2)N[C@@H](CCN2CCCCC2)C1=O)c1ccccc1. The number of amides is 6. The lowest BCUT2D eigenvalue weighted by Crippen LogP contribution is -2.50. The van der Waals surface area contributed by atoms with Gasteiger partial charge in [-0.15, -0.1) is 0 Å². The number of piperidine rings is 1. The lowest BCUT2D eigenvalue weighted by Gasteiger charge is -2.31. The third-order valence-corrected chi connectivity index (χ3v) is 24.0. The summed E-state index contributed by atoms with van der Waals surface area (Å²) in [5.74, 6) is 1.06. The maximum atomic E-state index is 13.9. The van der Waals surface area contributed by atoms with Gasteiger partial charge in [0.05, 0.1) is 18.1 Å². The van der Waals surface area contributed by atoms with Crippen LogP contribution in [0.1, 0.15) is 180 Å². The quantitative estimate of drug-likeness (QED) is 0.0192. The van der Waals surface area contributed by atoms with E-state index in [0.29, 0.717) is 96.7 Å². The molecule has 0 spiro atoms. The van der Waals surface area contributed by atoms with Crippen molar-refractivity contribution in [2.75, 3.05) is 105 Å². The molecule has 6 amide bonds. The van der Waals surface area contributed by atoms with E-state index in [0.717, 1.165) is 132 Å². The minimum Gasteiger partial charge on any atom is -0.351 e. The molecule has 0 radical (unpaired) electrons. The largest absolute Gasteiger partial charge is 0.351 e. The van der Waals surface area contributed by atoms with Crippen LogP contribution in [0.5, 0.6) is 0 Å². The average molecular weight is 1640 g/mol. The fraction of sp³-hybridized carbons (Fsp3) is 0.474. The second kappa shape index (κ2) is 48.0. The average Bonchev–Trinajstić information content (AvgIpc) is 1.27. The summed E-state index contributed by atoms with van der Waals surface area (Å²) in [4.78, 5) is 90.5. The van der Waals surface area contributed by atoms with Crippen molar-refractivity contribution >= 4 is 93.2 Å². The minimum atomic E-state index is -0.284. The van der Waals surface area contributed by atoms with Gasteiger partial charge in [0.1, 0.15) is 0 Å². The summed E-state index contributed by atoms with van der Waals surface area (Å²) in [6.45, 7) is 23.5. The molecule has 5 heterocycles. The topological polar surface area (TPSA) is 203 Å². The van der Waals surface area contributed by atoms with E-state index in [2.05, 4.69) is 164 Å². The number of nitrogens with zero attached hydrogens (tertiary/aromatic N) is 5. The first-order valence-electron chi connectivity index (χ1n) is 42.7. The Morgan fingerprint density at radius 1 is 0.431 bits per heavy atom. The van der Waals surface area contributed by atoms with Crippen molar-refractivity contribution in [2.45, 2.75) is 185 Å². The van der Waals surface area contributed by atoms with E-state index in [9.17, 15) is 28.8 Å². The van der Waals surface area contributed by atoms with Gasteiger partial charge in [-0.05, 0) is 215 Å². The molecule has 7 aromatic carbocycles. The van der Waals surface area contributed by atoms with Crippen molar-refractivity contribution in [3.63, 3.8) is 0 Å². The first-order valence-corrected chi connectivity index (χ1v) is 43.9. The van der Waals surface area contributed by atoms with Crippen molar-refractivity contribution in [1.82, 2.24) is 61.7 Å². The second-order valence-electron chi connectivity index (χ2n) is 32.1. The molecule has 5 aliphatic rings. The fourth-order valence-electron chi connectivity index (χ4n) is 16.3. The summed E-state index contributed by atoms with van der Waals surface area (Å²) in [5, 5.41) is 27.4. The van der Waals surface area contributed by atoms with E-state index >= 15 is 0 Å². The van der Waals surface area contributed by atoms with Crippen LogP contribution >= 0.6 is 34.8 Å². The summed E-state index contributed by atoms with van der Waals surface area (Å²) in [5.41, 5.74) is 6.29. The van der Waals surface area contributed by atoms with Crippen LogP contribution in [-0.4, -0.2) is 207 Å². The normalized spacial score (nSPS) is 20.6. The number of benzene rings is 7. The molecular weight excluding hydrogens is 1510 g/mol. The molecule has 5 fully saturated rings. The van der Waals surface area contributed by atoms with Gasteiger partial charge < -0.3 is 61.7 Å². The highest BCUT2D eigenvalue weighted by Gasteiger charge is 2.36. The number of rotatable bonds is 33. The van der Waals surface area contributed by atoms with Crippen LogP contribution in [0.4, 0.5) is 0 Å². The Bertz CT molecular complexity index is 4220. The van der Waals surface area contributed by atoms with Gasteiger partial charge in [0.15, 0.2) is 0 Å². The van der Waals surface area contributed by atoms with Crippen LogP contribution in [0.3, 0.4) is 0 Å². The number of carbonyl (C=O) groups is 6. The van der Waals surface area contributed by atoms with Gasteiger partial charge in [0.25, 0.3) is 5.91 Å². The summed E-state index contributed by atoms with van der Waals surface area (Å²) in [6.07, 6.45) is 20.5. The van der Waals surface area contributed by atoms with Crippen molar-refractivity contribution in [1.29, 1.82) is 0 Å². The lowest BCUT2D eigenvalue weighted by molar-refractivity contribution is -0.134. The van der Waals surface area contributed by atoms with Crippen molar-refractivity contribution in [2.24, 2.45) is 0 Å². The Labute approximate surface area is 705 Å². The third kappa shape index (κ3) is 29.4. The third-order valence-electron chi connectivity index (χ3n) is 23.3. The Balaban J connectivity index is 0.000000184. The molecule has 116 heavy (non-hydrogen) atoms. The molecule has 7 N–H and O–H groups in total. The molecule has 0 aliphatic carbocycles. The van der Waals surface area contributed by atoms with Crippen LogP contribution < -0.4 is 37.2 Å². The summed E-state index contributed by atoms with van der Waals surface area (Å²) in [6, 6.07) is 57.2. The molecule has 5 aliphatic heterocycles. The monoisotopic (exact) mass is 1630 g/mol. The number of carbonyl (C=O) groups excluding carboxylic acids is 6. The zero-order chi connectivity index (χ0) is 82.0. The standard InChI is InChI=1S/C34H43ClN4O2.C31H41ClN4O2.C30H41ClN4O2/c1-2-25(26-9-5-3-6-10-26)24-39-20-15-31(37-32(34(39)41)16-19-38-17-7-4-8-18-38)23-36-33(40)29-12-11-28-22-30(35)14-13-27(28)21-29;1-2-25(26-8-4-3-5-9-26)23-36-21-16-28(34-29(31(36)38)17-20-35-18-6-7-19-35)22-33-30(37)15-12-24-10-13-27(32)14-11-24;1-4-24(25-8-6-5-7-9-25)21-35-19-17-27(34-28(30(35)37)16-18-32-22(2)3)20-33-29(36)15-12-23-10-13-26(31)14-11-23/h3,5-6,9-14,21-22,25,31-32,37H,2,4,7-8,15-20,23-24H2,1H3,(H,36,40);3-5,8-15,25,28-29,34H,2,6-7,16-23H2,1H3,(H,33,37);5-15,22,24,27-28,32,34H,4,16-21H2,1-3H3,(H,33,36)/b;2*15-12+/t25-,31+,32+;25-,28+,29+;24-,27+,28+/m111/s1. The number of nitrogens with one attached hydrogen (secondary N) is 7. The molecule has 7 aromatic rings. The molecule has 622 valence electrons. The maximum absolute atomic E-state index is 13.9. The van der Waals surface area contributed by atoms with E-state index < -0.39 is 0 Å². The van der Waals surface area contributed by atoms with Gasteiger partial charge in [-0.25, -0.2) is 0 Å². The van der Waals surface area contributed by atoms with Gasteiger partial charge in [-0.1, -0.05) is 203 Å². The zero-order valence-corrected chi connectivity index (χ0v) is 71.1. The second-order valence-corrected chi connectivity index (χ2v) is 33.4. The Hall–Kier alpha value is -8.27. The minimum absolute atomic E-state index is 0.0164. The first-order chi connectivity index (χ1) is 56.4. The molecule has 0 aromatic heterocycles. The molecule has 0 unspecified atom stereocenters. The van der Waals surface area contributed by atoms with E-state index in [1.54, 1.807) is 42.5 Å². The molecule has 5 saturated heterocycles. The van der Waals surface area contributed by atoms with Crippen LogP contribution in [0.25, 0.3) is 22.9 Å². The smallest absolute Gasteiger partial charge is 0.251 e. The van der Waals surface area contributed by atoms with Gasteiger partial charge in [0.2, 0.25) is 29.5 Å². The Morgan fingerprint density at radius 2 is 0.793 bits per heavy atom. The van der Waals surface area contributed by atoms with Gasteiger partial charge in [0, 0.05) is 147 Å². The lowest BCUT2D eigenvalue weighted by atomic mass is 9.95. The molecule has 0 saturated carbocycles. The van der Waals surface area contributed by atoms with Crippen molar-refractivity contribution < 1.29 is 28.8 Å². The highest BCUT2D eigenvalue weighted by molar-refractivity contribution is 6.31. The van der Waals surface area contributed by atoms with Gasteiger partial charge in [-0.3, -0.25) is 28.8 Å². The summed E-state index contributed by atoms with van der Waals surface area (Å²) in [7, 11) is 0. The highest BCUT2D eigenvalue weighted by Crippen LogP contribution is 2.28. The maximum Gasteiger partial charge on any atom is 0.251 e. The molecule has 9 atom stereocenters. The number of fused-ring (bicyclic) bond motifs is 1. The van der Waals surface area contributed by atoms with Crippen molar-refractivity contribution in [3.8, 4) is 0 Å². The van der Waals surface area contributed by atoms with Gasteiger partial charge in [-0.2, -0.15) is 0 Å². The highest BCUT2D eigenvalue weighted by atomic mass is 35.5.